The lowest BCUT2D eigenvalue weighted by Crippen LogP contribution is -2.39. The second-order valence-corrected chi connectivity index (χ2v) is 9.64. The molecule has 0 aliphatic carbocycles. The SMILES string of the molecule is CCC1=C(C(=O)OC)[C@H](c2cccc(OC)c2)N2C(CC(=O)N3CC[C@@H](N(C)C)C3)=CSC2=N1. The first-order valence-corrected chi connectivity index (χ1v) is 12.4. The Hall–Kier alpha value is -2.78. The van der Waals surface area contributed by atoms with E-state index in [0.29, 0.717) is 29.5 Å². The lowest BCUT2D eigenvalue weighted by atomic mass is 9.92. The maximum Gasteiger partial charge on any atom is 0.338 e. The largest absolute Gasteiger partial charge is 0.497 e. The fraction of sp³-hybridized carbons (Fsp3) is 0.480. The third-order valence-electron chi connectivity index (χ3n) is 6.62. The molecule has 0 spiro atoms. The van der Waals surface area contributed by atoms with Crippen molar-refractivity contribution in [3.05, 3.63) is 52.2 Å². The molecule has 3 heterocycles. The summed E-state index contributed by atoms with van der Waals surface area (Å²) < 4.78 is 10.6. The Bertz CT molecular complexity index is 1060. The number of carbonyl (C=O) groups excluding carboxylic acids is 2. The molecule has 0 saturated carbocycles. The molecule has 0 bridgehead atoms. The van der Waals surface area contributed by atoms with Crippen LogP contribution in [0.5, 0.6) is 5.75 Å². The van der Waals surface area contributed by atoms with Crippen LogP contribution in [0.4, 0.5) is 0 Å². The van der Waals surface area contributed by atoms with Crippen LogP contribution in [0, 0.1) is 0 Å². The van der Waals surface area contributed by atoms with Crippen molar-refractivity contribution < 1.29 is 19.1 Å². The quantitative estimate of drug-likeness (QED) is 0.549. The van der Waals surface area contributed by atoms with Crippen molar-refractivity contribution in [2.75, 3.05) is 41.4 Å². The minimum Gasteiger partial charge on any atom is -0.497 e. The van der Waals surface area contributed by atoms with Gasteiger partial charge in [-0.05, 0) is 50.0 Å². The van der Waals surface area contributed by atoms with Crippen molar-refractivity contribution >= 4 is 28.8 Å². The summed E-state index contributed by atoms with van der Waals surface area (Å²) in [5.41, 5.74) is 2.92. The Morgan fingerprint density at radius 1 is 1.26 bits per heavy atom. The summed E-state index contributed by atoms with van der Waals surface area (Å²) in [4.78, 5) is 37.1. The molecule has 3 aliphatic rings. The molecule has 3 aliphatic heterocycles. The number of ether oxygens (including phenoxy) is 2. The maximum absolute atomic E-state index is 13.2. The van der Waals surface area contributed by atoms with E-state index in [1.807, 2.05) is 46.4 Å². The van der Waals surface area contributed by atoms with E-state index in [1.165, 1.54) is 18.9 Å². The first-order valence-electron chi connectivity index (χ1n) is 11.5. The van der Waals surface area contributed by atoms with Gasteiger partial charge < -0.3 is 24.2 Å². The Balaban J connectivity index is 1.68. The monoisotopic (exact) mass is 484 g/mol. The summed E-state index contributed by atoms with van der Waals surface area (Å²) >= 11 is 1.49. The molecular weight excluding hydrogens is 452 g/mol. The third-order valence-corrected chi connectivity index (χ3v) is 7.51. The van der Waals surface area contributed by atoms with Crippen LogP contribution in [-0.4, -0.2) is 79.2 Å². The molecule has 4 rings (SSSR count). The van der Waals surface area contributed by atoms with Crippen LogP contribution in [0.25, 0.3) is 0 Å². The maximum atomic E-state index is 13.2. The van der Waals surface area contributed by atoms with Crippen LogP contribution in [0.2, 0.25) is 0 Å². The van der Waals surface area contributed by atoms with Gasteiger partial charge in [0.1, 0.15) is 5.75 Å². The predicted molar refractivity (Wildman–Crippen MR) is 133 cm³/mol. The van der Waals surface area contributed by atoms with E-state index in [9.17, 15) is 9.59 Å². The first kappa shape index (κ1) is 24.3. The summed E-state index contributed by atoms with van der Waals surface area (Å²) in [5, 5.41) is 2.75. The Morgan fingerprint density at radius 2 is 2.06 bits per heavy atom. The van der Waals surface area contributed by atoms with E-state index < -0.39 is 12.0 Å². The third kappa shape index (κ3) is 4.59. The minimum atomic E-state index is -0.452. The summed E-state index contributed by atoms with van der Waals surface area (Å²) in [6.07, 6.45) is 1.82. The number of esters is 1. The smallest absolute Gasteiger partial charge is 0.338 e. The number of methoxy groups -OCH3 is 2. The molecule has 1 fully saturated rings. The standard InChI is InChI=1S/C25H32N4O4S/c1-6-20-22(24(31)33-5)23(16-8-7-9-19(12-16)32-4)29-18(15-34-25(29)26-20)13-21(30)28-11-10-17(14-28)27(2)3/h7-9,12,15,17,23H,6,10-11,13-14H2,1-5H3/t17-,23+/m1/s1. The molecule has 1 aromatic carbocycles. The van der Waals surface area contributed by atoms with Crippen LogP contribution in [0.15, 0.2) is 51.6 Å². The number of likely N-dealkylation sites (N-methyl/N-ethyl adjacent to an activating group) is 1. The number of amides is 1. The molecule has 1 saturated heterocycles. The summed E-state index contributed by atoms with van der Waals surface area (Å²) in [6, 6.07) is 7.60. The van der Waals surface area contributed by atoms with E-state index in [-0.39, 0.29) is 12.3 Å². The zero-order valence-electron chi connectivity index (χ0n) is 20.4. The van der Waals surface area contributed by atoms with E-state index in [1.54, 1.807) is 7.11 Å². The van der Waals surface area contributed by atoms with Gasteiger partial charge in [-0.15, -0.1) is 0 Å². The minimum absolute atomic E-state index is 0.0896. The molecule has 0 unspecified atom stereocenters. The van der Waals surface area contributed by atoms with E-state index in [0.717, 1.165) is 35.9 Å². The van der Waals surface area contributed by atoms with Crippen molar-refractivity contribution in [1.82, 2.24) is 14.7 Å². The van der Waals surface area contributed by atoms with Crippen molar-refractivity contribution in [3.8, 4) is 5.75 Å². The molecule has 9 heteroatoms. The number of fused-ring (bicyclic) bond motifs is 1. The van der Waals surface area contributed by atoms with Crippen molar-refractivity contribution in [2.24, 2.45) is 4.99 Å². The molecule has 182 valence electrons. The molecule has 8 nitrogen and oxygen atoms in total. The van der Waals surface area contributed by atoms with E-state index in [4.69, 9.17) is 14.5 Å². The highest BCUT2D eigenvalue weighted by Crippen LogP contribution is 2.46. The van der Waals surface area contributed by atoms with Crippen LogP contribution >= 0.6 is 11.8 Å². The highest BCUT2D eigenvalue weighted by atomic mass is 32.2. The fourth-order valence-electron chi connectivity index (χ4n) is 4.70. The lowest BCUT2D eigenvalue weighted by molar-refractivity contribution is -0.136. The normalized spacial score (nSPS) is 22.1. The van der Waals surface area contributed by atoms with Crippen LogP contribution in [-0.2, 0) is 14.3 Å². The first-order chi connectivity index (χ1) is 16.4. The molecule has 0 radical (unpaired) electrons. The molecule has 1 amide bonds. The topological polar surface area (TPSA) is 74.7 Å². The zero-order valence-corrected chi connectivity index (χ0v) is 21.2. The number of allylic oxidation sites excluding steroid dienone is 1. The van der Waals surface area contributed by atoms with Crippen molar-refractivity contribution in [3.63, 3.8) is 0 Å². The molecule has 2 atom stereocenters. The summed E-state index contributed by atoms with van der Waals surface area (Å²) in [6.45, 7) is 3.47. The number of rotatable bonds is 7. The van der Waals surface area contributed by atoms with Crippen molar-refractivity contribution in [2.45, 2.75) is 38.3 Å². The van der Waals surface area contributed by atoms with Gasteiger partial charge in [0.25, 0.3) is 0 Å². The number of nitrogens with zero attached hydrogens (tertiary/aromatic N) is 4. The summed E-state index contributed by atoms with van der Waals surface area (Å²) in [5.74, 6) is 0.374. The number of benzene rings is 1. The summed E-state index contributed by atoms with van der Waals surface area (Å²) in [7, 11) is 7.11. The van der Waals surface area contributed by atoms with Gasteiger partial charge in [0.05, 0.1) is 38.0 Å². The van der Waals surface area contributed by atoms with Crippen LogP contribution in [0.1, 0.15) is 37.8 Å². The zero-order chi connectivity index (χ0) is 24.4. The number of likely N-dealkylation sites (tertiary alicyclic amines) is 1. The average molecular weight is 485 g/mol. The number of amidine groups is 1. The van der Waals surface area contributed by atoms with Gasteiger partial charge in [-0.2, -0.15) is 0 Å². The second kappa shape index (κ2) is 10.2. The molecule has 0 aromatic heterocycles. The number of hydrogen-bond acceptors (Lipinski definition) is 8. The fourth-order valence-corrected chi connectivity index (χ4v) is 5.63. The van der Waals surface area contributed by atoms with Gasteiger partial charge in [-0.1, -0.05) is 30.8 Å². The molecule has 34 heavy (non-hydrogen) atoms. The second-order valence-electron chi connectivity index (χ2n) is 8.80. The number of aliphatic imine (C=N–C) groups is 1. The van der Waals surface area contributed by atoms with Gasteiger partial charge in [-0.25, -0.2) is 9.79 Å². The molecule has 1 aromatic rings. The number of hydrogen-bond donors (Lipinski definition) is 0. The van der Waals surface area contributed by atoms with Gasteiger partial charge in [0, 0.05) is 24.8 Å². The Labute approximate surface area is 205 Å². The van der Waals surface area contributed by atoms with Gasteiger partial charge in [0.2, 0.25) is 5.91 Å². The van der Waals surface area contributed by atoms with Gasteiger partial charge in [-0.3, -0.25) is 4.79 Å². The highest BCUT2D eigenvalue weighted by Gasteiger charge is 2.42. The van der Waals surface area contributed by atoms with Gasteiger partial charge in [0.15, 0.2) is 5.17 Å². The van der Waals surface area contributed by atoms with E-state index >= 15 is 0 Å². The van der Waals surface area contributed by atoms with Gasteiger partial charge >= 0.3 is 5.97 Å². The number of thioether (sulfide) groups is 1. The van der Waals surface area contributed by atoms with Crippen LogP contribution < -0.4 is 4.74 Å². The van der Waals surface area contributed by atoms with E-state index in [2.05, 4.69) is 19.0 Å². The Morgan fingerprint density at radius 3 is 2.71 bits per heavy atom. The highest BCUT2D eigenvalue weighted by molar-refractivity contribution is 8.16. The van der Waals surface area contributed by atoms with Crippen LogP contribution in [0.3, 0.4) is 0 Å². The Kier molecular flexibility index (Phi) is 7.33. The number of carbonyl (C=O) groups is 2. The molecular formula is C25H32N4O4S. The lowest BCUT2D eigenvalue weighted by Gasteiger charge is -2.37. The average Bonchev–Trinajstić information content (AvgIpc) is 3.50. The van der Waals surface area contributed by atoms with Crippen molar-refractivity contribution in [1.29, 1.82) is 0 Å². The predicted octanol–water partition coefficient (Wildman–Crippen LogP) is 3.39. The molecule has 0 N–H and O–H groups in total.